The molecule has 0 aliphatic heterocycles. The van der Waals surface area contributed by atoms with Crippen molar-refractivity contribution in [1.82, 2.24) is 0 Å². The van der Waals surface area contributed by atoms with Crippen molar-refractivity contribution in [2.75, 3.05) is 0 Å². The van der Waals surface area contributed by atoms with E-state index in [4.69, 9.17) is 18.6 Å². The monoisotopic (exact) mass is 826 g/mol. The number of rotatable bonds is 7. The second-order valence-corrected chi connectivity index (χ2v) is 17.7. The molecule has 259 valence electrons. The van der Waals surface area contributed by atoms with Crippen LogP contribution in [0.2, 0.25) is 0 Å². The van der Waals surface area contributed by atoms with Gasteiger partial charge in [0.2, 0.25) is 0 Å². The molecule has 1 radical (unpaired) electrons. The van der Waals surface area contributed by atoms with Crippen LogP contribution < -0.4 is 50.5 Å². The van der Waals surface area contributed by atoms with E-state index in [-0.39, 0.29) is 19.5 Å². The van der Waals surface area contributed by atoms with Gasteiger partial charge in [0.15, 0.2) is 0 Å². The Labute approximate surface area is 321 Å². The fraction of sp³-hybridized carbons (Fsp3) is 0. The van der Waals surface area contributed by atoms with Crippen LogP contribution in [0.4, 0.5) is 0 Å². The normalized spacial score (nSPS) is 11.3. The number of fused-ring (bicyclic) bond motifs is 2. The Morgan fingerprint density at radius 2 is 0.558 bits per heavy atom. The van der Waals surface area contributed by atoms with Crippen LogP contribution in [0.5, 0.6) is 0 Å². The van der Waals surface area contributed by atoms with Crippen LogP contribution in [0, 0.1) is 10.2 Å². The molecular formula is C44H34ClO4P2Rh+. The molecular weight excluding hydrogens is 793 g/mol. The van der Waals surface area contributed by atoms with E-state index in [1.807, 2.05) is 0 Å². The fourth-order valence-electron chi connectivity index (χ4n) is 6.87. The van der Waals surface area contributed by atoms with Gasteiger partial charge in [-0.05, 0) is 82.2 Å². The van der Waals surface area contributed by atoms with Crippen molar-refractivity contribution in [2.24, 2.45) is 0 Å². The third-order valence-corrected chi connectivity index (χ3v) is 14.4. The number of benzene rings is 8. The quantitative estimate of drug-likeness (QED) is 0.180. The molecule has 0 amide bonds. The molecule has 52 heavy (non-hydrogen) atoms. The van der Waals surface area contributed by atoms with Gasteiger partial charge in [0.05, 0.1) is 15.8 Å². The maximum atomic E-state index is 8.49. The Balaban J connectivity index is 0.000000726. The third kappa shape index (κ3) is 8.57. The first-order valence-electron chi connectivity index (χ1n) is 16.5. The second kappa shape index (κ2) is 17.1. The van der Waals surface area contributed by atoms with E-state index in [1.54, 1.807) is 0 Å². The maximum absolute atomic E-state index is 8.49. The molecule has 4 nitrogen and oxygen atoms in total. The summed E-state index contributed by atoms with van der Waals surface area (Å²) in [4.78, 5) is 0. The summed E-state index contributed by atoms with van der Waals surface area (Å²) >= 11 is 0. The van der Waals surface area contributed by atoms with Crippen molar-refractivity contribution in [1.29, 1.82) is 0 Å². The van der Waals surface area contributed by atoms with Gasteiger partial charge in [0.25, 0.3) is 0 Å². The third-order valence-electron chi connectivity index (χ3n) is 8.90. The average Bonchev–Trinajstić information content (AvgIpc) is 3.16. The van der Waals surface area contributed by atoms with E-state index in [2.05, 4.69) is 194 Å². The van der Waals surface area contributed by atoms with Gasteiger partial charge in [0, 0.05) is 30.6 Å². The molecule has 8 rings (SSSR count). The molecule has 0 spiro atoms. The van der Waals surface area contributed by atoms with E-state index < -0.39 is 26.1 Å². The summed E-state index contributed by atoms with van der Waals surface area (Å²) in [5, 5.41) is 13.6. The molecule has 8 aromatic rings. The van der Waals surface area contributed by atoms with Gasteiger partial charge in [-0.1, -0.05) is 133 Å². The molecule has 0 N–H and O–H groups in total. The van der Waals surface area contributed by atoms with Crippen LogP contribution in [0.25, 0.3) is 32.7 Å². The molecule has 0 aromatic heterocycles. The van der Waals surface area contributed by atoms with Crippen molar-refractivity contribution in [3.63, 3.8) is 0 Å². The van der Waals surface area contributed by atoms with Gasteiger partial charge in [-0.15, -0.1) is 10.2 Å². The van der Waals surface area contributed by atoms with Gasteiger partial charge in [-0.2, -0.15) is 0 Å². The van der Waals surface area contributed by atoms with E-state index in [9.17, 15) is 0 Å². The minimum Gasteiger partial charge on any atom is -0.222 e. The molecule has 0 saturated heterocycles. The summed E-state index contributed by atoms with van der Waals surface area (Å²) < 4.78 is 34.0. The average molecular weight is 827 g/mol. The first-order chi connectivity index (χ1) is 24.9. The SMILES string of the molecule is [O-][Cl+3]([O-])([O-])[O-].[Rh].c1ccc([PH+](c2ccccc2)c2ccc3ccccc3c2-c2c([PH+](c3ccccc3)c3ccccc3)ccc3ccccc23)cc1. The van der Waals surface area contributed by atoms with E-state index >= 15 is 0 Å². The Bertz CT molecular complexity index is 2130. The standard InChI is InChI=1S/C44H32P2.ClHO4.Rh/c1-5-19-35(20-6-1)45(36-21-7-2-8-22-36)41-31-29-33-17-13-15-27-39(33)43(41)44-40-28-16-14-18-34(40)30-32-42(44)46(37-23-9-3-10-24-37)38-25-11-4-12-26-38;2-1(3,4)5;/h1-32H;(H,2,3,4,5);/p+1. The second-order valence-electron chi connectivity index (χ2n) is 12.0. The number of halogens is 1. The van der Waals surface area contributed by atoms with E-state index in [0.29, 0.717) is 0 Å². The Morgan fingerprint density at radius 1 is 0.308 bits per heavy atom. The Morgan fingerprint density at radius 3 is 0.846 bits per heavy atom. The van der Waals surface area contributed by atoms with Crippen LogP contribution >= 0.6 is 15.8 Å². The molecule has 8 aromatic carbocycles. The zero-order valence-corrected chi connectivity index (χ0v) is 32.2. The van der Waals surface area contributed by atoms with Gasteiger partial charge in [-0.25, -0.2) is 18.6 Å². The van der Waals surface area contributed by atoms with Crippen LogP contribution in [0.15, 0.2) is 194 Å². The van der Waals surface area contributed by atoms with Crippen LogP contribution in [-0.2, 0) is 19.5 Å². The minimum atomic E-state index is -4.94. The molecule has 0 unspecified atom stereocenters. The molecule has 0 saturated carbocycles. The summed E-state index contributed by atoms with van der Waals surface area (Å²) in [7, 11) is -7.69. The predicted molar refractivity (Wildman–Crippen MR) is 207 cm³/mol. The summed E-state index contributed by atoms with van der Waals surface area (Å²) in [5.41, 5.74) is 2.75. The Kier molecular flexibility index (Phi) is 12.4. The minimum absolute atomic E-state index is 0. The van der Waals surface area contributed by atoms with Crippen molar-refractivity contribution >= 4 is 69.2 Å². The first kappa shape index (κ1) is 37.6. The van der Waals surface area contributed by atoms with Crippen molar-refractivity contribution in [3.8, 4) is 11.1 Å². The summed E-state index contributed by atoms with van der Waals surface area (Å²) in [6, 6.07) is 72.2. The molecule has 0 atom stereocenters. The molecule has 0 aliphatic rings. The Hall–Kier alpha value is -4.11. The smallest absolute Gasteiger partial charge is 0.111 e. The zero-order valence-electron chi connectivity index (χ0n) is 27.8. The van der Waals surface area contributed by atoms with Crippen molar-refractivity contribution < 1.29 is 48.4 Å². The summed E-state index contributed by atoms with van der Waals surface area (Å²) in [6.07, 6.45) is 0. The van der Waals surface area contributed by atoms with Gasteiger partial charge >= 0.3 is 0 Å². The number of hydrogen-bond donors (Lipinski definition) is 0. The van der Waals surface area contributed by atoms with Gasteiger partial charge in [0.1, 0.15) is 31.8 Å². The van der Waals surface area contributed by atoms with Gasteiger partial charge < -0.3 is 0 Å². The number of hydrogen-bond acceptors (Lipinski definition) is 4. The van der Waals surface area contributed by atoms with Crippen molar-refractivity contribution in [3.05, 3.63) is 194 Å². The van der Waals surface area contributed by atoms with Gasteiger partial charge in [-0.3, -0.25) is 0 Å². The molecule has 0 bridgehead atoms. The van der Waals surface area contributed by atoms with Crippen molar-refractivity contribution in [2.45, 2.75) is 0 Å². The van der Waals surface area contributed by atoms with Crippen LogP contribution in [0.3, 0.4) is 0 Å². The molecule has 0 fully saturated rings. The van der Waals surface area contributed by atoms with E-state index in [0.717, 1.165) is 0 Å². The van der Waals surface area contributed by atoms with E-state index in [1.165, 1.54) is 64.5 Å². The largest absolute Gasteiger partial charge is 0.222 e. The fourth-order valence-corrected chi connectivity index (χ4v) is 12.4. The van der Waals surface area contributed by atoms with Crippen LogP contribution in [0.1, 0.15) is 0 Å². The maximum Gasteiger partial charge on any atom is 0.111 e. The first-order valence-corrected chi connectivity index (χ1v) is 20.7. The topological polar surface area (TPSA) is 92.2 Å². The summed E-state index contributed by atoms with van der Waals surface area (Å²) in [6.45, 7) is 0. The molecule has 8 heteroatoms. The predicted octanol–water partition coefficient (Wildman–Crippen LogP) is 3.88. The summed E-state index contributed by atoms with van der Waals surface area (Å²) in [5.74, 6) is 0. The molecule has 0 aliphatic carbocycles. The zero-order chi connectivity index (χ0) is 35.2. The van der Waals surface area contributed by atoms with Crippen LogP contribution in [-0.4, -0.2) is 0 Å². The molecule has 0 heterocycles.